The third-order valence-corrected chi connectivity index (χ3v) is 3.44. The van der Waals surface area contributed by atoms with Crippen LogP contribution in [-0.2, 0) is 0 Å². The quantitative estimate of drug-likeness (QED) is 0.510. The number of nitrogens with zero attached hydrogens (tertiary/aromatic N) is 1. The lowest BCUT2D eigenvalue weighted by atomic mass is 10.1. The predicted molar refractivity (Wildman–Crippen MR) is 76.6 cm³/mol. The molecule has 1 aromatic carbocycles. The molecule has 1 aliphatic carbocycles. The molecule has 3 atom stereocenters. The number of hydrogen-bond acceptors (Lipinski definition) is 6. The monoisotopic (exact) mass is 294 g/mol. The standard InChI is InChI=1S/C13H18N4O4/c1-8-3-4-9(2)13(8)15-14-11-6-5-10(16(18)19)7-12(11)17(20)21/h3,5-7,9,14,16-18,20H,4H2,1-2H3/t9-/m0/s1. The average Bonchev–Trinajstić information content (AvgIpc) is 2.75. The van der Waals surface area contributed by atoms with Crippen LogP contribution in [0.3, 0.4) is 0 Å². The minimum Gasteiger partial charge on any atom is -0.595 e. The van der Waals surface area contributed by atoms with Crippen molar-refractivity contribution in [1.82, 2.24) is 0 Å². The molecule has 21 heavy (non-hydrogen) atoms. The largest absolute Gasteiger partial charge is 0.595 e. The third kappa shape index (κ3) is 3.45. The second kappa shape index (κ2) is 6.31. The van der Waals surface area contributed by atoms with Crippen molar-refractivity contribution in [2.75, 3.05) is 5.43 Å². The number of anilines is 1. The number of benzene rings is 1. The van der Waals surface area contributed by atoms with Crippen LogP contribution in [0.15, 0.2) is 34.9 Å². The van der Waals surface area contributed by atoms with Gasteiger partial charge in [-0.05, 0) is 25.0 Å². The van der Waals surface area contributed by atoms with Crippen LogP contribution < -0.4 is 15.9 Å². The summed E-state index contributed by atoms with van der Waals surface area (Å²) >= 11 is 0. The molecular formula is C13H18N4O4. The van der Waals surface area contributed by atoms with E-state index in [4.69, 9.17) is 5.21 Å². The summed E-state index contributed by atoms with van der Waals surface area (Å²) < 4.78 is 0. The Morgan fingerprint density at radius 1 is 1.29 bits per heavy atom. The number of nitrogens with one attached hydrogen (secondary N) is 3. The van der Waals surface area contributed by atoms with E-state index in [1.807, 2.05) is 13.8 Å². The molecule has 0 aromatic heterocycles. The minimum absolute atomic E-state index is 0.0732. The van der Waals surface area contributed by atoms with Gasteiger partial charge in [-0.3, -0.25) is 5.43 Å². The molecule has 0 saturated heterocycles. The Morgan fingerprint density at radius 3 is 2.52 bits per heavy atom. The number of hydrazone groups is 1. The highest BCUT2D eigenvalue weighted by Gasteiger charge is 2.19. The van der Waals surface area contributed by atoms with E-state index >= 15 is 0 Å². The Hall–Kier alpha value is -1.81. The first kappa shape index (κ1) is 15.6. The fraction of sp³-hybridized carbons (Fsp3) is 0.308. The van der Waals surface area contributed by atoms with E-state index < -0.39 is 10.5 Å². The van der Waals surface area contributed by atoms with Crippen LogP contribution in [0, 0.1) is 16.3 Å². The lowest BCUT2D eigenvalue weighted by Gasteiger charge is -2.18. The molecule has 5 N–H and O–H groups in total. The van der Waals surface area contributed by atoms with Gasteiger partial charge in [-0.25, -0.2) is 10.4 Å². The number of hydrogen-bond donors (Lipinski definition) is 5. The van der Waals surface area contributed by atoms with Crippen molar-refractivity contribution in [3.63, 3.8) is 0 Å². The zero-order chi connectivity index (χ0) is 15.6. The maximum Gasteiger partial charge on any atom is 0.195 e. The fourth-order valence-electron chi connectivity index (χ4n) is 2.23. The molecule has 2 rings (SSSR count). The molecule has 8 nitrogen and oxygen atoms in total. The smallest absolute Gasteiger partial charge is 0.195 e. The van der Waals surface area contributed by atoms with Crippen molar-refractivity contribution < 1.29 is 20.9 Å². The molecule has 114 valence electrons. The summed E-state index contributed by atoms with van der Waals surface area (Å²) in [5.41, 5.74) is 4.76. The number of rotatable bonds is 4. The first-order chi connectivity index (χ1) is 9.90. The van der Waals surface area contributed by atoms with E-state index in [1.54, 1.807) is 0 Å². The van der Waals surface area contributed by atoms with Gasteiger partial charge in [0.15, 0.2) is 11.4 Å². The molecule has 0 radical (unpaired) electrons. The summed E-state index contributed by atoms with van der Waals surface area (Å²) in [6, 6.07) is 3.88. The van der Waals surface area contributed by atoms with Gasteiger partial charge in [-0.15, -0.1) is 0 Å². The Bertz CT molecular complexity index is 584. The van der Waals surface area contributed by atoms with E-state index in [0.29, 0.717) is 0 Å². The first-order valence-electron chi connectivity index (χ1n) is 6.51. The molecule has 0 fully saturated rings. The van der Waals surface area contributed by atoms with Crippen LogP contribution in [-0.4, -0.2) is 16.1 Å². The van der Waals surface area contributed by atoms with Gasteiger partial charge in [0, 0.05) is 12.0 Å². The van der Waals surface area contributed by atoms with Crippen molar-refractivity contribution >= 4 is 22.8 Å². The van der Waals surface area contributed by atoms with Gasteiger partial charge in [-0.1, -0.05) is 13.0 Å². The Morgan fingerprint density at radius 2 is 2.00 bits per heavy atom. The van der Waals surface area contributed by atoms with Gasteiger partial charge >= 0.3 is 0 Å². The van der Waals surface area contributed by atoms with Gasteiger partial charge in [0.1, 0.15) is 5.69 Å². The third-order valence-electron chi connectivity index (χ3n) is 3.44. The molecule has 0 bridgehead atoms. The summed E-state index contributed by atoms with van der Waals surface area (Å²) in [6.45, 7) is 3.99. The Balaban J connectivity index is 2.28. The SMILES string of the molecule is CC1=CC[C@H](C)C1=NNc1ccc([NH+]([O-])O)cc1[NH+]([O-])O. The fourth-order valence-corrected chi connectivity index (χ4v) is 2.23. The van der Waals surface area contributed by atoms with Gasteiger partial charge in [0.05, 0.1) is 11.8 Å². The molecule has 1 aliphatic rings. The van der Waals surface area contributed by atoms with Gasteiger partial charge in [0.25, 0.3) is 0 Å². The highest BCUT2D eigenvalue weighted by atomic mass is 16.8. The summed E-state index contributed by atoms with van der Waals surface area (Å²) in [5.74, 6) is 0.282. The zero-order valence-electron chi connectivity index (χ0n) is 11.8. The molecule has 2 unspecified atom stereocenters. The van der Waals surface area contributed by atoms with E-state index in [1.165, 1.54) is 12.1 Å². The van der Waals surface area contributed by atoms with Gasteiger partial charge < -0.3 is 10.4 Å². The maximum absolute atomic E-state index is 11.2. The number of allylic oxidation sites excluding steroid dienone is 2. The molecule has 0 amide bonds. The lowest BCUT2D eigenvalue weighted by Crippen LogP contribution is -3.00. The summed E-state index contributed by atoms with van der Waals surface area (Å²) in [7, 11) is 0. The molecule has 0 spiro atoms. The van der Waals surface area contributed by atoms with Crippen molar-refractivity contribution in [1.29, 1.82) is 0 Å². The normalized spacial score (nSPS) is 23.0. The molecule has 0 aliphatic heterocycles. The zero-order valence-corrected chi connectivity index (χ0v) is 11.8. The molecule has 8 heteroatoms. The number of quaternary nitrogens is 2. The van der Waals surface area contributed by atoms with Crippen molar-refractivity contribution in [2.24, 2.45) is 11.0 Å². The predicted octanol–water partition coefficient (Wildman–Crippen LogP) is 0.247. The van der Waals surface area contributed by atoms with Crippen molar-refractivity contribution in [3.05, 3.63) is 40.3 Å². The van der Waals surface area contributed by atoms with Crippen LogP contribution in [0.5, 0.6) is 0 Å². The minimum atomic E-state index is -1.20. The second-order valence-electron chi connectivity index (χ2n) is 5.00. The van der Waals surface area contributed by atoms with Crippen molar-refractivity contribution in [2.45, 2.75) is 20.3 Å². The Kier molecular flexibility index (Phi) is 4.68. The van der Waals surface area contributed by atoms with Crippen LogP contribution in [0.25, 0.3) is 0 Å². The van der Waals surface area contributed by atoms with E-state index in [2.05, 4.69) is 16.6 Å². The van der Waals surface area contributed by atoms with Gasteiger partial charge in [-0.2, -0.15) is 15.6 Å². The van der Waals surface area contributed by atoms with Gasteiger partial charge in [0.2, 0.25) is 0 Å². The van der Waals surface area contributed by atoms with Crippen LogP contribution in [0.2, 0.25) is 0 Å². The molecule has 1 aromatic rings. The second-order valence-corrected chi connectivity index (χ2v) is 5.00. The summed E-state index contributed by atoms with van der Waals surface area (Å²) in [6.07, 6.45) is 2.99. The van der Waals surface area contributed by atoms with Crippen LogP contribution in [0.1, 0.15) is 20.3 Å². The average molecular weight is 294 g/mol. The molecule has 0 heterocycles. The highest BCUT2D eigenvalue weighted by molar-refractivity contribution is 6.03. The topological polar surface area (TPSA) is 120 Å². The maximum atomic E-state index is 11.2. The Labute approximate surface area is 121 Å². The lowest BCUT2D eigenvalue weighted by molar-refractivity contribution is -0.996. The van der Waals surface area contributed by atoms with Crippen LogP contribution >= 0.6 is 0 Å². The molecular weight excluding hydrogens is 276 g/mol. The van der Waals surface area contributed by atoms with E-state index in [9.17, 15) is 15.6 Å². The molecule has 0 saturated carbocycles. The summed E-state index contributed by atoms with van der Waals surface area (Å²) in [5, 5.41) is 42.1. The highest BCUT2D eigenvalue weighted by Crippen LogP contribution is 2.24. The first-order valence-corrected chi connectivity index (χ1v) is 6.51. The van der Waals surface area contributed by atoms with E-state index in [0.717, 1.165) is 23.8 Å². The summed E-state index contributed by atoms with van der Waals surface area (Å²) in [4.78, 5) is 0. The van der Waals surface area contributed by atoms with E-state index in [-0.39, 0.29) is 23.0 Å². The van der Waals surface area contributed by atoms with Crippen LogP contribution in [0.4, 0.5) is 17.1 Å². The van der Waals surface area contributed by atoms with Crippen molar-refractivity contribution in [3.8, 4) is 0 Å².